The smallest absolute Gasteiger partial charge is 0.123 e. The summed E-state index contributed by atoms with van der Waals surface area (Å²) in [6.45, 7) is 7.35. The summed E-state index contributed by atoms with van der Waals surface area (Å²) < 4.78 is 13.1. The van der Waals surface area contributed by atoms with Crippen LogP contribution in [0.15, 0.2) is 18.2 Å². The largest absolute Gasteiger partial charge is 0.311 e. The number of nitrogens with one attached hydrogen (secondary N) is 1. The summed E-state index contributed by atoms with van der Waals surface area (Å²) >= 11 is 0. The third kappa shape index (κ3) is 4.07. The van der Waals surface area contributed by atoms with Crippen molar-refractivity contribution < 1.29 is 4.39 Å². The molecular formula is C15H23FN2. The van der Waals surface area contributed by atoms with Crippen LogP contribution in [0, 0.1) is 12.7 Å². The molecule has 0 saturated carbocycles. The molecule has 1 aliphatic rings. The second-order valence-electron chi connectivity index (χ2n) is 5.15. The van der Waals surface area contributed by atoms with Gasteiger partial charge in [0.05, 0.1) is 0 Å². The van der Waals surface area contributed by atoms with Crippen molar-refractivity contribution in [3.8, 4) is 0 Å². The summed E-state index contributed by atoms with van der Waals surface area (Å²) in [7, 11) is 0. The third-order valence-corrected chi connectivity index (χ3v) is 3.68. The van der Waals surface area contributed by atoms with E-state index in [1.807, 2.05) is 13.0 Å². The number of likely N-dealkylation sites (tertiary alicyclic amines) is 1. The minimum Gasteiger partial charge on any atom is -0.311 e. The lowest BCUT2D eigenvalue weighted by molar-refractivity contribution is 0.229. The van der Waals surface area contributed by atoms with Crippen molar-refractivity contribution in [2.75, 3.05) is 26.2 Å². The van der Waals surface area contributed by atoms with Gasteiger partial charge in [-0.25, -0.2) is 4.39 Å². The van der Waals surface area contributed by atoms with E-state index in [0.717, 1.165) is 30.8 Å². The monoisotopic (exact) mass is 250 g/mol. The molecule has 100 valence electrons. The number of hydrogen-bond acceptors (Lipinski definition) is 2. The van der Waals surface area contributed by atoms with Gasteiger partial charge in [0.1, 0.15) is 5.82 Å². The Balaban J connectivity index is 1.69. The van der Waals surface area contributed by atoms with E-state index in [0.29, 0.717) is 0 Å². The topological polar surface area (TPSA) is 15.3 Å². The molecule has 1 fully saturated rings. The standard InChI is InChI=1S/C15H23FN2/c1-13-5-6-15(16)11-14(13)12-17-7-10-18-8-3-2-4-9-18/h5-6,11,17H,2-4,7-10,12H2,1H3. The Bertz CT molecular complexity index is 373. The molecule has 1 saturated heterocycles. The number of rotatable bonds is 5. The molecule has 0 aliphatic carbocycles. The SMILES string of the molecule is Cc1ccc(F)cc1CNCCN1CCCCC1. The third-order valence-electron chi connectivity index (χ3n) is 3.68. The maximum absolute atomic E-state index is 13.1. The van der Waals surface area contributed by atoms with Gasteiger partial charge in [-0.3, -0.25) is 0 Å². The van der Waals surface area contributed by atoms with Crippen LogP contribution in [0.2, 0.25) is 0 Å². The summed E-state index contributed by atoms with van der Waals surface area (Å²) in [4.78, 5) is 2.51. The van der Waals surface area contributed by atoms with Gasteiger partial charge in [0.15, 0.2) is 0 Å². The van der Waals surface area contributed by atoms with Crippen molar-refractivity contribution in [2.45, 2.75) is 32.7 Å². The molecule has 3 heteroatoms. The normalized spacial score (nSPS) is 17.0. The Labute approximate surface area is 109 Å². The molecule has 0 bridgehead atoms. The van der Waals surface area contributed by atoms with Crippen LogP contribution < -0.4 is 5.32 Å². The molecule has 0 atom stereocenters. The van der Waals surface area contributed by atoms with Crippen LogP contribution in [0.3, 0.4) is 0 Å². The Morgan fingerprint density at radius 3 is 2.78 bits per heavy atom. The molecule has 18 heavy (non-hydrogen) atoms. The van der Waals surface area contributed by atoms with Gasteiger partial charge in [0.2, 0.25) is 0 Å². The van der Waals surface area contributed by atoms with Crippen LogP contribution in [0.5, 0.6) is 0 Å². The van der Waals surface area contributed by atoms with Crippen LogP contribution in [-0.4, -0.2) is 31.1 Å². The maximum atomic E-state index is 13.1. The first-order valence-electron chi connectivity index (χ1n) is 6.94. The average molecular weight is 250 g/mol. The van der Waals surface area contributed by atoms with E-state index in [-0.39, 0.29) is 5.82 Å². The van der Waals surface area contributed by atoms with Crippen LogP contribution in [0.25, 0.3) is 0 Å². The zero-order valence-corrected chi connectivity index (χ0v) is 11.2. The van der Waals surface area contributed by atoms with Gasteiger partial charge in [-0.05, 0) is 56.1 Å². The Morgan fingerprint density at radius 1 is 1.22 bits per heavy atom. The van der Waals surface area contributed by atoms with Crippen molar-refractivity contribution in [3.05, 3.63) is 35.1 Å². The van der Waals surface area contributed by atoms with E-state index in [2.05, 4.69) is 10.2 Å². The maximum Gasteiger partial charge on any atom is 0.123 e. The zero-order chi connectivity index (χ0) is 12.8. The van der Waals surface area contributed by atoms with Crippen molar-refractivity contribution in [3.63, 3.8) is 0 Å². The van der Waals surface area contributed by atoms with Crippen LogP contribution in [-0.2, 0) is 6.54 Å². The number of nitrogens with zero attached hydrogens (tertiary/aromatic N) is 1. The molecule has 0 aromatic heterocycles. The summed E-state index contributed by atoms with van der Waals surface area (Å²) in [5.41, 5.74) is 2.22. The number of halogens is 1. The highest BCUT2D eigenvalue weighted by atomic mass is 19.1. The molecule has 0 radical (unpaired) electrons. The fourth-order valence-electron chi connectivity index (χ4n) is 2.47. The summed E-state index contributed by atoms with van der Waals surface area (Å²) in [6.07, 6.45) is 4.05. The number of piperidine rings is 1. The molecule has 2 rings (SSSR count). The lowest BCUT2D eigenvalue weighted by Gasteiger charge is -2.26. The lowest BCUT2D eigenvalue weighted by Crippen LogP contribution is -2.35. The fraction of sp³-hybridized carbons (Fsp3) is 0.600. The first kappa shape index (κ1) is 13.5. The van der Waals surface area contributed by atoms with E-state index in [1.165, 1.54) is 38.4 Å². The van der Waals surface area contributed by atoms with Gasteiger partial charge in [0.25, 0.3) is 0 Å². The molecular weight excluding hydrogens is 227 g/mol. The Hall–Kier alpha value is -0.930. The van der Waals surface area contributed by atoms with Crippen molar-refractivity contribution in [1.29, 1.82) is 0 Å². The first-order valence-corrected chi connectivity index (χ1v) is 6.94. The average Bonchev–Trinajstić information content (AvgIpc) is 2.40. The predicted octanol–water partition coefficient (Wildman–Crippen LogP) is 2.71. The summed E-state index contributed by atoms with van der Waals surface area (Å²) in [5, 5.41) is 3.41. The number of hydrogen-bond donors (Lipinski definition) is 1. The molecule has 0 spiro atoms. The van der Waals surface area contributed by atoms with E-state index >= 15 is 0 Å². The summed E-state index contributed by atoms with van der Waals surface area (Å²) in [6, 6.07) is 4.99. The van der Waals surface area contributed by atoms with Gasteiger partial charge in [-0.15, -0.1) is 0 Å². The molecule has 0 unspecified atom stereocenters. The van der Waals surface area contributed by atoms with Crippen LogP contribution in [0.1, 0.15) is 30.4 Å². The van der Waals surface area contributed by atoms with E-state index in [4.69, 9.17) is 0 Å². The summed E-state index contributed by atoms with van der Waals surface area (Å²) in [5.74, 6) is -0.145. The highest BCUT2D eigenvalue weighted by Crippen LogP contribution is 2.10. The molecule has 1 N–H and O–H groups in total. The van der Waals surface area contributed by atoms with Gasteiger partial charge in [0, 0.05) is 19.6 Å². The zero-order valence-electron chi connectivity index (χ0n) is 11.2. The van der Waals surface area contributed by atoms with Gasteiger partial charge < -0.3 is 10.2 Å². The number of aryl methyl sites for hydroxylation is 1. The molecule has 1 aliphatic heterocycles. The number of benzene rings is 1. The molecule has 1 heterocycles. The minimum atomic E-state index is -0.145. The van der Waals surface area contributed by atoms with Crippen molar-refractivity contribution in [1.82, 2.24) is 10.2 Å². The van der Waals surface area contributed by atoms with E-state index in [1.54, 1.807) is 6.07 Å². The minimum absolute atomic E-state index is 0.145. The Kier molecular flexibility index (Phi) is 5.14. The molecule has 1 aromatic carbocycles. The fourth-order valence-corrected chi connectivity index (χ4v) is 2.47. The van der Waals surface area contributed by atoms with E-state index in [9.17, 15) is 4.39 Å². The van der Waals surface area contributed by atoms with Crippen molar-refractivity contribution in [2.24, 2.45) is 0 Å². The Morgan fingerprint density at radius 2 is 2.00 bits per heavy atom. The second kappa shape index (κ2) is 6.86. The van der Waals surface area contributed by atoms with Gasteiger partial charge >= 0.3 is 0 Å². The lowest BCUT2D eigenvalue weighted by atomic mass is 10.1. The first-order chi connectivity index (χ1) is 8.75. The van der Waals surface area contributed by atoms with Crippen LogP contribution >= 0.6 is 0 Å². The molecule has 0 amide bonds. The highest BCUT2D eigenvalue weighted by Gasteiger charge is 2.08. The quantitative estimate of drug-likeness (QED) is 0.808. The van der Waals surface area contributed by atoms with Crippen molar-refractivity contribution >= 4 is 0 Å². The molecule has 1 aromatic rings. The van der Waals surface area contributed by atoms with Crippen LogP contribution in [0.4, 0.5) is 4.39 Å². The van der Waals surface area contributed by atoms with Gasteiger partial charge in [-0.1, -0.05) is 12.5 Å². The van der Waals surface area contributed by atoms with E-state index < -0.39 is 0 Å². The van der Waals surface area contributed by atoms with Gasteiger partial charge in [-0.2, -0.15) is 0 Å². The second-order valence-corrected chi connectivity index (χ2v) is 5.15. The molecule has 2 nitrogen and oxygen atoms in total. The predicted molar refractivity (Wildman–Crippen MR) is 73.1 cm³/mol. The highest BCUT2D eigenvalue weighted by molar-refractivity contribution is 5.26.